The minimum absolute atomic E-state index is 0.0141. The fourth-order valence-corrected chi connectivity index (χ4v) is 4.16. The number of hydrogen-bond donors (Lipinski definition) is 1. The number of hydrogen-bond acceptors (Lipinski definition) is 4. The van der Waals surface area contributed by atoms with Crippen molar-refractivity contribution in [1.29, 1.82) is 0 Å². The summed E-state index contributed by atoms with van der Waals surface area (Å²) >= 11 is 3.41. The Morgan fingerprint density at radius 3 is 2.45 bits per heavy atom. The van der Waals surface area contributed by atoms with E-state index < -0.39 is 0 Å². The van der Waals surface area contributed by atoms with E-state index in [1.165, 1.54) is 0 Å². The van der Waals surface area contributed by atoms with Crippen molar-refractivity contribution in [2.24, 2.45) is 5.92 Å². The standard InChI is InChI=1S/C22H25BrN4O2/c1-25-10-12-26(13-11-25)20-5-3-2-4-19(20)24-22(29)16-14-21(28)27(15-16)18-8-6-17(23)7-9-18/h2-9,16H,10-15H2,1H3,(H,24,29). The van der Waals surface area contributed by atoms with E-state index in [-0.39, 0.29) is 24.2 Å². The largest absolute Gasteiger partial charge is 0.367 e. The molecule has 7 heteroatoms. The minimum Gasteiger partial charge on any atom is -0.367 e. The van der Waals surface area contributed by atoms with Crippen LogP contribution in [0.4, 0.5) is 17.1 Å². The van der Waals surface area contributed by atoms with Crippen LogP contribution < -0.4 is 15.1 Å². The van der Waals surface area contributed by atoms with Crippen LogP contribution in [-0.4, -0.2) is 56.5 Å². The van der Waals surface area contributed by atoms with Crippen molar-refractivity contribution in [3.8, 4) is 0 Å². The van der Waals surface area contributed by atoms with Gasteiger partial charge in [0.15, 0.2) is 0 Å². The first-order valence-corrected chi connectivity index (χ1v) is 10.7. The SMILES string of the molecule is CN1CCN(c2ccccc2NC(=O)C2CC(=O)N(c3ccc(Br)cc3)C2)CC1. The van der Waals surface area contributed by atoms with E-state index in [4.69, 9.17) is 0 Å². The van der Waals surface area contributed by atoms with E-state index in [1.807, 2.05) is 42.5 Å². The molecule has 2 aromatic carbocycles. The van der Waals surface area contributed by atoms with Gasteiger partial charge in [-0.25, -0.2) is 0 Å². The van der Waals surface area contributed by atoms with Crippen LogP contribution in [0.1, 0.15) is 6.42 Å². The van der Waals surface area contributed by atoms with Gasteiger partial charge >= 0.3 is 0 Å². The van der Waals surface area contributed by atoms with Gasteiger partial charge in [-0.15, -0.1) is 0 Å². The number of para-hydroxylation sites is 2. The first-order valence-electron chi connectivity index (χ1n) is 9.90. The predicted molar refractivity (Wildman–Crippen MR) is 119 cm³/mol. The average molecular weight is 457 g/mol. The Labute approximate surface area is 179 Å². The van der Waals surface area contributed by atoms with Gasteiger partial charge in [-0.1, -0.05) is 28.1 Å². The number of halogens is 1. The Hall–Kier alpha value is -2.38. The summed E-state index contributed by atoms with van der Waals surface area (Å²) in [4.78, 5) is 31.8. The van der Waals surface area contributed by atoms with Crippen LogP contribution in [0, 0.1) is 5.92 Å². The van der Waals surface area contributed by atoms with Crippen LogP contribution in [0.5, 0.6) is 0 Å². The minimum atomic E-state index is -0.355. The molecule has 2 fully saturated rings. The molecule has 152 valence electrons. The number of amides is 2. The molecule has 0 spiro atoms. The van der Waals surface area contributed by atoms with Gasteiger partial charge in [0.25, 0.3) is 0 Å². The highest BCUT2D eigenvalue weighted by atomic mass is 79.9. The van der Waals surface area contributed by atoms with Crippen LogP contribution >= 0.6 is 15.9 Å². The van der Waals surface area contributed by atoms with Gasteiger partial charge in [-0.05, 0) is 43.4 Å². The Kier molecular flexibility index (Phi) is 5.87. The molecule has 0 saturated carbocycles. The fraction of sp³-hybridized carbons (Fsp3) is 0.364. The number of carbonyl (C=O) groups excluding carboxylic acids is 2. The lowest BCUT2D eigenvalue weighted by Gasteiger charge is -2.35. The molecule has 6 nitrogen and oxygen atoms in total. The molecule has 4 rings (SSSR count). The molecule has 0 aromatic heterocycles. The molecule has 2 aromatic rings. The zero-order valence-electron chi connectivity index (χ0n) is 16.5. The maximum Gasteiger partial charge on any atom is 0.229 e. The van der Waals surface area contributed by atoms with Gasteiger partial charge in [-0.2, -0.15) is 0 Å². The van der Waals surface area contributed by atoms with E-state index in [1.54, 1.807) is 4.90 Å². The van der Waals surface area contributed by atoms with Crippen molar-refractivity contribution in [1.82, 2.24) is 4.90 Å². The third kappa shape index (κ3) is 4.46. The molecule has 2 aliphatic rings. The maximum absolute atomic E-state index is 13.0. The van der Waals surface area contributed by atoms with Gasteiger partial charge in [0, 0.05) is 49.3 Å². The number of benzene rings is 2. The average Bonchev–Trinajstić information content (AvgIpc) is 3.12. The summed E-state index contributed by atoms with van der Waals surface area (Å²) in [5.41, 5.74) is 2.69. The summed E-state index contributed by atoms with van der Waals surface area (Å²) < 4.78 is 0.961. The Bertz CT molecular complexity index is 894. The lowest BCUT2D eigenvalue weighted by molar-refractivity contribution is -0.122. The number of carbonyl (C=O) groups is 2. The van der Waals surface area contributed by atoms with Gasteiger partial charge in [0.2, 0.25) is 11.8 Å². The summed E-state index contributed by atoms with van der Waals surface area (Å²) in [5, 5.41) is 3.08. The van der Waals surface area contributed by atoms with Gasteiger partial charge in [0.05, 0.1) is 17.3 Å². The third-order valence-electron chi connectivity index (χ3n) is 5.64. The van der Waals surface area contributed by atoms with Gasteiger partial charge in [0.1, 0.15) is 0 Å². The van der Waals surface area contributed by atoms with Crippen LogP contribution in [0.2, 0.25) is 0 Å². The smallest absolute Gasteiger partial charge is 0.229 e. The first-order chi connectivity index (χ1) is 14.0. The number of anilines is 3. The summed E-state index contributed by atoms with van der Waals surface area (Å²) in [6, 6.07) is 15.5. The van der Waals surface area contributed by atoms with E-state index in [0.717, 1.165) is 47.7 Å². The second-order valence-corrected chi connectivity index (χ2v) is 8.59. The summed E-state index contributed by atoms with van der Waals surface area (Å²) in [6.45, 7) is 4.28. The molecule has 29 heavy (non-hydrogen) atoms. The third-order valence-corrected chi connectivity index (χ3v) is 6.17. The quantitative estimate of drug-likeness (QED) is 0.767. The summed E-state index contributed by atoms with van der Waals surface area (Å²) in [6.07, 6.45) is 0.235. The van der Waals surface area contributed by atoms with E-state index in [2.05, 4.69) is 44.2 Å². The van der Waals surface area contributed by atoms with Crippen LogP contribution in [0.3, 0.4) is 0 Å². The highest BCUT2D eigenvalue weighted by molar-refractivity contribution is 9.10. The molecule has 2 amide bonds. The van der Waals surface area contributed by atoms with Gasteiger partial charge < -0.3 is 20.0 Å². The first kappa shape index (κ1) is 19.9. The van der Waals surface area contributed by atoms with Crippen molar-refractivity contribution in [2.45, 2.75) is 6.42 Å². The molecule has 0 bridgehead atoms. The summed E-state index contributed by atoms with van der Waals surface area (Å²) in [5.74, 6) is -0.467. The number of nitrogens with zero attached hydrogens (tertiary/aromatic N) is 3. The summed E-state index contributed by atoms with van der Waals surface area (Å²) in [7, 11) is 2.12. The topological polar surface area (TPSA) is 55.9 Å². The molecule has 0 aliphatic carbocycles. The Morgan fingerprint density at radius 2 is 1.72 bits per heavy atom. The fourth-order valence-electron chi connectivity index (χ4n) is 3.89. The normalized spacial score (nSPS) is 20.2. The zero-order chi connectivity index (χ0) is 20.4. The lowest BCUT2D eigenvalue weighted by atomic mass is 10.1. The molecule has 2 saturated heterocycles. The van der Waals surface area contributed by atoms with Crippen molar-refractivity contribution in [2.75, 3.05) is 54.9 Å². The maximum atomic E-state index is 13.0. The molecule has 1 N–H and O–H groups in total. The van der Waals surface area contributed by atoms with Crippen LogP contribution in [0.15, 0.2) is 53.0 Å². The molecule has 1 atom stereocenters. The number of rotatable bonds is 4. The lowest BCUT2D eigenvalue weighted by Crippen LogP contribution is -2.44. The molecule has 0 radical (unpaired) electrons. The van der Waals surface area contributed by atoms with Gasteiger partial charge in [-0.3, -0.25) is 9.59 Å². The molecule has 1 unspecified atom stereocenters. The highest BCUT2D eigenvalue weighted by Gasteiger charge is 2.35. The predicted octanol–water partition coefficient (Wildman–Crippen LogP) is 3.19. The van der Waals surface area contributed by atoms with Crippen molar-refractivity contribution in [3.63, 3.8) is 0 Å². The molecule has 2 heterocycles. The Balaban J connectivity index is 1.45. The second kappa shape index (κ2) is 8.55. The number of piperazine rings is 1. The highest BCUT2D eigenvalue weighted by Crippen LogP contribution is 2.30. The monoisotopic (exact) mass is 456 g/mol. The van der Waals surface area contributed by atoms with E-state index in [9.17, 15) is 9.59 Å². The molecule has 2 aliphatic heterocycles. The number of nitrogens with one attached hydrogen (secondary N) is 1. The second-order valence-electron chi connectivity index (χ2n) is 7.68. The molecular weight excluding hydrogens is 432 g/mol. The molecular formula is C22H25BrN4O2. The van der Waals surface area contributed by atoms with E-state index >= 15 is 0 Å². The van der Waals surface area contributed by atoms with Crippen LogP contribution in [-0.2, 0) is 9.59 Å². The van der Waals surface area contributed by atoms with Crippen molar-refractivity contribution in [3.05, 3.63) is 53.0 Å². The van der Waals surface area contributed by atoms with Crippen molar-refractivity contribution >= 4 is 44.8 Å². The Morgan fingerprint density at radius 1 is 1.03 bits per heavy atom. The number of likely N-dealkylation sites (N-methyl/N-ethyl adjacent to an activating group) is 1. The zero-order valence-corrected chi connectivity index (χ0v) is 18.1. The van der Waals surface area contributed by atoms with E-state index in [0.29, 0.717) is 6.54 Å². The van der Waals surface area contributed by atoms with Crippen molar-refractivity contribution < 1.29 is 9.59 Å². The van der Waals surface area contributed by atoms with Crippen LogP contribution in [0.25, 0.3) is 0 Å².